The van der Waals surface area contributed by atoms with Crippen molar-refractivity contribution >= 4 is 17.7 Å². The molecule has 2 aromatic rings. The highest BCUT2D eigenvalue weighted by atomic mass is 19.1. The minimum Gasteiger partial charge on any atom is -0.449 e. The molecule has 3 nitrogen and oxygen atoms in total. The van der Waals surface area contributed by atoms with Crippen molar-refractivity contribution in [2.45, 2.75) is 6.92 Å². The van der Waals surface area contributed by atoms with Crippen LogP contribution < -0.4 is 10.1 Å². The van der Waals surface area contributed by atoms with Crippen molar-refractivity contribution in [3.8, 4) is 5.75 Å². The molecule has 1 amide bonds. The first-order chi connectivity index (χ1) is 9.61. The maximum Gasteiger partial charge on any atom is 0.291 e. The summed E-state index contributed by atoms with van der Waals surface area (Å²) in [4.78, 5) is 12.0. The highest BCUT2D eigenvalue weighted by Gasteiger charge is 2.21. The predicted molar refractivity (Wildman–Crippen MR) is 74.8 cm³/mol. The summed E-state index contributed by atoms with van der Waals surface area (Å²) < 4.78 is 18.4. The Kier molecular flexibility index (Phi) is 2.99. The molecule has 0 radical (unpaired) electrons. The highest BCUT2D eigenvalue weighted by Crippen LogP contribution is 2.32. The Hall–Kier alpha value is -2.62. The molecule has 0 aliphatic carbocycles. The van der Waals surface area contributed by atoms with Crippen LogP contribution in [0.25, 0.3) is 6.08 Å². The van der Waals surface area contributed by atoms with Crippen molar-refractivity contribution in [1.29, 1.82) is 0 Å². The molecule has 1 aliphatic heterocycles. The summed E-state index contributed by atoms with van der Waals surface area (Å²) in [6.45, 7) is 1.94. The molecule has 2 aromatic carbocycles. The topological polar surface area (TPSA) is 38.3 Å². The minimum absolute atomic E-state index is 0.188. The number of hydrogen-bond acceptors (Lipinski definition) is 2. The van der Waals surface area contributed by atoms with Gasteiger partial charge < -0.3 is 10.1 Å². The number of anilines is 1. The van der Waals surface area contributed by atoms with Gasteiger partial charge in [-0.1, -0.05) is 18.2 Å². The van der Waals surface area contributed by atoms with Crippen LogP contribution in [0.3, 0.4) is 0 Å². The Labute approximate surface area is 115 Å². The lowest BCUT2D eigenvalue weighted by Gasteiger charge is -2.20. The fourth-order valence-corrected chi connectivity index (χ4v) is 1.98. The first-order valence-corrected chi connectivity index (χ1v) is 6.19. The molecule has 1 aliphatic rings. The number of hydrogen-bond donors (Lipinski definition) is 1. The summed E-state index contributed by atoms with van der Waals surface area (Å²) in [7, 11) is 0. The second kappa shape index (κ2) is 4.81. The average molecular weight is 269 g/mol. The van der Waals surface area contributed by atoms with Crippen LogP contribution in [-0.4, -0.2) is 5.91 Å². The summed E-state index contributed by atoms with van der Waals surface area (Å²) in [6, 6.07) is 11.4. The van der Waals surface area contributed by atoms with E-state index in [1.165, 1.54) is 12.1 Å². The lowest BCUT2D eigenvalue weighted by molar-refractivity contribution is -0.115. The van der Waals surface area contributed by atoms with Crippen LogP contribution in [0.2, 0.25) is 0 Å². The Morgan fingerprint density at radius 1 is 1.15 bits per heavy atom. The normalized spacial score (nSPS) is 15.5. The quantitative estimate of drug-likeness (QED) is 0.804. The van der Waals surface area contributed by atoms with E-state index in [2.05, 4.69) is 5.32 Å². The number of nitrogens with one attached hydrogen (secondary N) is 1. The molecule has 1 heterocycles. The smallest absolute Gasteiger partial charge is 0.291 e. The SMILES string of the molecule is Cc1ccc2c(c1)NC(=O)/C(=C/c1ccc(F)cc1)O2. The monoisotopic (exact) mass is 269 g/mol. The molecule has 100 valence electrons. The number of ether oxygens (including phenoxy) is 1. The van der Waals surface area contributed by atoms with Gasteiger partial charge in [0, 0.05) is 0 Å². The first-order valence-electron chi connectivity index (χ1n) is 6.19. The van der Waals surface area contributed by atoms with Crippen molar-refractivity contribution in [1.82, 2.24) is 0 Å². The van der Waals surface area contributed by atoms with Gasteiger partial charge in [0.15, 0.2) is 11.5 Å². The van der Waals surface area contributed by atoms with Gasteiger partial charge in [0.1, 0.15) is 5.82 Å². The molecule has 1 N–H and O–H groups in total. The minimum atomic E-state index is -0.318. The van der Waals surface area contributed by atoms with Crippen molar-refractivity contribution in [3.63, 3.8) is 0 Å². The summed E-state index contributed by atoms with van der Waals surface area (Å²) in [6.07, 6.45) is 1.58. The first kappa shape index (κ1) is 12.4. The summed E-state index contributed by atoms with van der Waals surface area (Å²) in [5.41, 5.74) is 2.40. The number of amides is 1. The molecule has 4 heteroatoms. The van der Waals surface area contributed by atoms with Crippen molar-refractivity contribution in [3.05, 3.63) is 65.2 Å². The molecule has 0 spiro atoms. The molecular formula is C16H12FNO2. The largest absolute Gasteiger partial charge is 0.449 e. The third-order valence-corrected chi connectivity index (χ3v) is 2.99. The maximum absolute atomic E-state index is 12.8. The fourth-order valence-electron chi connectivity index (χ4n) is 1.98. The van der Waals surface area contributed by atoms with Crippen molar-refractivity contribution < 1.29 is 13.9 Å². The maximum atomic E-state index is 12.8. The van der Waals surface area contributed by atoms with Gasteiger partial charge in [-0.15, -0.1) is 0 Å². The van der Waals surface area contributed by atoms with E-state index in [0.717, 1.165) is 5.56 Å². The summed E-state index contributed by atoms with van der Waals surface area (Å²) >= 11 is 0. The van der Waals surface area contributed by atoms with E-state index in [-0.39, 0.29) is 17.5 Å². The number of aryl methyl sites for hydroxylation is 1. The summed E-state index contributed by atoms with van der Waals surface area (Å²) in [5.74, 6) is 0.158. The molecule has 0 atom stereocenters. The lowest BCUT2D eigenvalue weighted by Crippen LogP contribution is -2.23. The predicted octanol–water partition coefficient (Wildman–Crippen LogP) is 3.51. The van der Waals surface area contributed by atoms with Gasteiger partial charge in [-0.3, -0.25) is 4.79 Å². The van der Waals surface area contributed by atoms with E-state index in [1.54, 1.807) is 18.2 Å². The number of halogens is 1. The van der Waals surface area contributed by atoms with Crippen LogP contribution in [0, 0.1) is 12.7 Å². The molecule has 0 aromatic heterocycles. The molecule has 0 unspecified atom stereocenters. The highest BCUT2D eigenvalue weighted by molar-refractivity contribution is 6.08. The van der Waals surface area contributed by atoms with E-state index in [1.807, 2.05) is 25.1 Å². The van der Waals surface area contributed by atoms with E-state index >= 15 is 0 Å². The lowest BCUT2D eigenvalue weighted by atomic mass is 10.1. The number of carbonyl (C=O) groups is 1. The van der Waals surface area contributed by atoms with Crippen LogP contribution in [0.1, 0.15) is 11.1 Å². The molecule has 20 heavy (non-hydrogen) atoms. The Morgan fingerprint density at radius 3 is 2.65 bits per heavy atom. The molecular weight excluding hydrogens is 257 g/mol. The van der Waals surface area contributed by atoms with Gasteiger partial charge in [0.2, 0.25) is 0 Å². The molecule has 0 saturated carbocycles. The van der Waals surface area contributed by atoms with E-state index in [0.29, 0.717) is 17.0 Å². The van der Waals surface area contributed by atoms with Gasteiger partial charge in [-0.2, -0.15) is 0 Å². The van der Waals surface area contributed by atoms with Gasteiger partial charge in [0.05, 0.1) is 5.69 Å². The number of fused-ring (bicyclic) bond motifs is 1. The summed E-state index contributed by atoms with van der Waals surface area (Å²) in [5, 5.41) is 2.78. The van der Waals surface area contributed by atoms with Crippen LogP contribution in [0.4, 0.5) is 10.1 Å². The second-order valence-corrected chi connectivity index (χ2v) is 4.62. The number of carbonyl (C=O) groups excluding carboxylic acids is 1. The van der Waals surface area contributed by atoms with Crippen LogP contribution in [-0.2, 0) is 4.79 Å². The van der Waals surface area contributed by atoms with Gasteiger partial charge in [-0.05, 0) is 48.4 Å². The zero-order chi connectivity index (χ0) is 14.1. The van der Waals surface area contributed by atoms with E-state index < -0.39 is 0 Å². The van der Waals surface area contributed by atoms with E-state index in [4.69, 9.17) is 4.74 Å². The van der Waals surface area contributed by atoms with Gasteiger partial charge in [0.25, 0.3) is 5.91 Å². The number of benzene rings is 2. The fraction of sp³-hybridized carbons (Fsp3) is 0.0625. The van der Waals surface area contributed by atoms with Crippen LogP contribution in [0.5, 0.6) is 5.75 Å². The average Bonchev–Trinajstić information content (AvgIpc) is 2.42. The number of rotatable bonds is 1. The van der Waals surface area contributed by atoms with Crippen LogP contribution in [0.15, 0.2) is 48.2 Å². The van der Waals surface area contributed by atoms with Gasteiger partial charge in [-0.25, -0.2) is 4.39 Å². The zero-order valence-corrected chi connectivity index (χ0v) is 10.8. The molecule has 0 saturated heterocycles. The van der Waals surface area contributed by atoms with Gasteiger partial charge >= 0.3 is 0 Å². The Morgan fingerprint density at radius 2 is 1.90 bits per heavy atom. The second-order valence-electron chi connectivity index (χ2n) is 4.62. The Balaban J connectivity index is 1.94. The standard InChI is InChI=1S/C16H12FNO2/c1-10-2-7-14-13(8-10)18-16(19)15(20-14)9-11-3-5-12(17)6-4-11/h2-9H,1H3,(H,18,19)/b15-9-. The van der Waals surface area contributed by atoms with Crippen molar-refractivity contribution in [2.24, 2.45) is 0 Å². The zero-order valence-electron chi connectivity index (χ0n) is 10.8. The molecule has 0 fully saturated rings. The van der Waals surface area contributed by atoms with Crippen LogP contribution >= 0.6 is 0 Å². The Bertz CT molecular complexity index is 705. The molecule has 3 rings (SSSR count). The third kappa shape index (κ3) is 2.40. The molecule has 0 bridgehead atoms. The van der Waals surface area contributed by atoms with Crippen molar-refractivity contribution in [2.75, 3.05) is 5.32 Å². The third-order valence-electron chi connectivity index (χ3n) is 2.99. The van der Waals surface area contributed by atoms with E-state index in [9.17, 15) is 9.18 Å².